The number of carbonyl (C=O) groups is 2. The number of amides is 1. The molecule has 0 bridgehead atoms. The van der Waals surface area contributed by atoms with Crippen LogP contribution in [0.15, 0.2) is 24.5 Å². The quantitative estimate of drug-likeness (QED) is 0.427. The van der Waals surface area contributed by atoms with Gasteiger partial charge in [-0.3, -0.25) is 15.1 Å². The van der Waals surface area contributed by atoms with E-state index in [-0.39, 0.29) is 17.9 Å². The molecular formula is C25H30N8O3S. The second kappa shape index (κ2) is 10.7. The molecular weight excluding hydrogens is 492 g/mol. The average molecular weight is 523 g/mol. The smallest absolute Gasteiger partial charge is 0.350 e. The van der Waals surface area contributed by atoms with Crippen LogP contribution < -0.4 is 20.4 Å². The van der Waals surface area contributed by atoms with Gasteiger partial charge < -0.3 is 19.9 Å². The second-order valence-corrected chi connectivity index (χ2v) is 10.1. The largest absolute Gasteiger partial charge is 0.462 e. The number of rotatable bonds is 8. The van der Waals surface area contributed by atoms with Crippen LogP contribution in [0.1, 0.15) is 46.8 Å². The summed E-state index contributed by atoms with van der Waals surface area (Å²) in [6.07, 6.45) is 5.32. The third kappa shape index (κ3) is 5.48. The summed E-state index contributed by atoms with van der Waals surface area (Å²) in [6.45, 7) is 8.40. The van der Waals surface area contributed by atoms with Gasteiger partial charge in [0.15, 0.2) is 5.13 Å². The molecule has 0 radical (unpaired) electrons. The first-order chi connectivity index (χ1) is 17.9. The molecule has 37 heavy (non-hydrogen) atoms. The maximum Gasteiger partial charge on any atom is 0.350 e. The summed E-state index contributed by atoms with van der Waals surface area (Å²) in [5, 5.41) is 6.78. The maximum absolute atomic E-state index is 12.3. The third-order valence-corrected chi connectivity index (χ3v) is 7.42. The Morgan fingerprint density at radius 1 is 1.22 bits per heavy atom. The van der Waals surface area contributed by atoms with Crippen LogP contribution in [0, 0.1) is 6.92 Å². The lowest BCUT2D eigenvalue weighted by Crippen LogP contribution is -2.36. The summed E-state index contributed by atoms with van der Waals surface area (Å²) in [5.74, 6) is 1.75. The molecule has 1 fully saturated rings. The molecule has 0 aliphatic carbocycles. The number of pyridine rings is 1. The lowest BCUT2D eigenvalue weighted by atomic mass is 10.2. The Balaban J connectivity index is 1.46. The first-order valence-electron chi connectivity index (χ1n) is 12.4. The fourth-order valence-corrected chi connectivity index (χ4v) is 5.63. The van der Waals surface area contributed by atoms with E-state index in [1.165, 1.54) is 11.3 Å². The molecule has 12 heteroatoms. The van der Waals surface area contributed by atoms with Gasteiger partial charge in [0, 0.05) is 57.1 Å². The zero-order chi connectivity index (χ0) is 25.9. The summed E-state index contributed by atoms with van der Waals surface area (Å²) in [7, 11) is 0. The molecule has 5 heterocycles. The van der Waals surface area contributed by atoms with Gasteiger partial charge >= 0.3 is 5.97 Å². The van der Waals surface area contributed by atoms with Crippen molar-refractivity contribution >= 4 is 45.9 Å². The summed E-state index contributed by atoms with van der Waals surface area (Å²) < 4.78 is 5.15. The van der Waals surface area contributed by atoms with Gasteiger partial charge in [-0.15, -0.1) is 0 Å². The van der Waals surface area contributed by atoms with Crippen molar-refractivity contribution in [2.45, 2.75) is 46.2 Å². The Bertz CT molecular complexity index is 1300. The number of nitrogens with one attached hydrogen (secondary N) is 2. The van der Waals surface area contributed by atoms with Gasteiger partial charge in [0.1, 0.15) is 16.5 Å². The van der Waals surface area contributed by atoms with Crippen LogP contribution in [0.4, 0.5) is 22.7 Å². The van der Waals surface area contributed by atoms with Gasteiger partial charge in [-0.1, -0.05) is 17.4 Å². The van der Waals surface area contributed by atoms with Crippen LogP contribution >= 0.6 is 11.3 Å². The van der Waals surface area contributed by atoms with E-state index in [1.807, 2.05) is 12.3 Å². The molecule has 1 unspecified atom stereocenters. The molecule has 2 aliphatic heterocycles. The number of fused-ring (bicyclic) bond motifs is 1. The van der Waals surface area contributed by atoms with Gasteiger partial charge in [0.2, 0.25) is 11.9 Å². The highest BCUT2D eigenvalue weighted by Crippen LogP contribution is 2.37. The molecule has 2 N–H and O–H groups in total. The number of aryl methyl sites for hydroxylation is 1. The van der Waals surface area contributed by atoms with E-state index in [0.717, 1.165) is 48.7 Å². The van der Waals surface area contributed by atoms with Crippen LogP contribution in [-0.4, -0.2) is 64.1 Å². The van der Waals surface area contributed by atoms with E-state index in [1.54, 1.807) is 27.0 Å². The Labute approximate surface area is 219 Å². The zero-order valence-corrected chi connectivity index (χ0v) is 22.0. The number of esters is 1. The second-order valence-electron chi connectivity index (χ2n) is 9.12. The number of hydrogen-bond donors (Lipinski definition) is 2. The van der Waals surface area contributed by atoms with Crippen molar-refractivity contribution in [3.63, 3.8) is 0 Å². The molecule has 2 aliphatic rings. The van der Waals surface area contributed by atoms with E-state index in [4.69, 9.17) is 14.7 Å². The van der Waals surface area contributed by atoms with Crippen molar-refractivity contribution in [1.82, 2.24) is 25.3 Å². The predicted molar refractivity (Wildman–Crippen MR) is 142 cm³/mol. The SMILES string of the molecule is CCOC(=O)c1sc(Nc2nc3c(c(N4CCC(NC(C)=O)C4)n2)CCN3Cc2cccnc2)nc1C. The van der Waals surface area contributed by atoms with E-state index in [2.05, 4.69) is 36.5 Å². The molecule has 5 rings (SSSR count). The molecule has 3 aromatic rings. The highest BCUT2D eigenvalue weighted by molar-refractivity contribution is 7.17. The molecule has 0 saturated carbocycles. The number of thiazole rings is 1. The molecule has 1 amide bonds. The van der Waals surface area contributed by atoms with Crippen molar-refractivity contribution in [2.75, 3.05) is 41.4 Å². The number of carbonyl (C=O) groups excluding carboxylic acids is 2. The number of aromatic nitrogens is 4. The molecule has 3 aromatic heterocycles. The first-order valence-corrected chi connectivity index (χ1v) is 13.2. The van der Waals surface area contributed by atoms with Crippen molar-refractivity contribution in [3.8, 4) is 0 Å². The average Bonchev–Trinajstić information content (AvgIpc) is 3.58. The van der Waals surface area contributed by atoms with Crippen LogP contribution in [0.2, 0.25) is 0 Å². The standard InChI is InChI=1S/C25H30N8O3S/c1-4-36-23(35)20-15(2)27-25(37-20)31-24-29-21-19(8-11-32(21)13-17-6-5-9-26-12-17)22(30-24)33-10-7-18(14-33)28-16(3)34/h5-6,9,12,18H,4,7-8,10-11,13-14H2,1-3H3,(H,28,34)(H,27,29,30,31). The number of anilines is 4. The molecule has 11 nitrogen and oxygen atoms in total. The van der Waals surface area contributed by atoms with Gasteiger partial charge in [-0.05, 0) is 38.3 Å². The molecule has 0 spiro atoms. The van der Waals surface area contributed by atoms with Crippen LogP contribution in [0.3, 0.4) is 0 Å². The maximum atomic E-state index is 12.3. The topological polar surface area (TPSA) is 125 Å². The Hall–Kier alpha value is -3.80. The van der Waals surface area contributed by atoms with E-state index >= 15 is 0 Å². The van der Waals surface area contributed by atoms with E-state index in [9.17, 15) is 9.59 Å². The fraction of sp³-hybridized carbons (Fsp3) is 0.440. The summed E-state index contributed by atoms with van der Waals surface area (Å²) >= 11 is 1.22. The highest BCUT2D eigenvalue weighted by atomic mass is 32.1. The molecule has 1 atom stereocenters. The zero-order valence-electron chi connectivity index (χ0n) is 21.2. The molecule has 0 aromatic carbocycles. The Morgan fingerprint density at radius 2 is 2.05 bits per heavy atom. The molecule has 194 valence electrons. The van der Waals surface area contributed by atoms with Crippen molar-refractivity contribution < 1.29 is 14.3 Å². The lowest BCUT2D eigenvalue weighted by molar-refractivity contribution is -0.119. The van der Waals surface area contributed by atoms with Crippen LogP contribution in [-0.2, 0) is 22.5 Å². The minimum atomic E-state index is -0.384. The minimum absolute atomic E-state index is 0.0266. The minimum Gasteiger partial charge on any atom is -0.462 e. The summed E-state index contributed by atoms with van der Waals surface area (Å²) in [6, 6.07) is 4.07. The van der Waals surface area contributed by atoms with Gasteiger partial charge in [0.05, 0.1) is 12.3 Å². The number of hydrogen-bond acceptors (Lipinski definition) is 11. The van der Waals surface area contributed by atoms with Gasteiger partial charge in [-0.2, -0.15) is 9.97 Å². The summed E-state index contributed by atoms with van der Waals surface area (Å²) in [5.41, 5.74) is 2.80. The highest BCUT2D eigenvalue weighted by Gasteiger charge is 2.32. The van der Waals surface area contributed by atoms with Crippen molar-refractivity contribution in [3.05, 3.63) is 46.2 Å². The monoisotopic (exact) mass is 522 g/mol. The van der Waals surface area contributed by atoms with E-state index in [0.29, 0.717) is 41.3 Å². The number of nitrogens with zero attached hydrogens (tertiary/aromatic N) is 6. The fourth-order valence-electron chi connectivity index (χ4n) is 4.77. The number of ether oxygens (including phenoxy) is 1. The Kier molecular flexibility index (Phi) is 7.17. The predicted octanol–water partition coefficient (Wildman–Crippen LogP) is 2.83. The third-order valence-electron chi connectivity index (χ3n) is 6.36. The van der Waals surface area contributed by atoms with Gasteiger partial charge in [0.25, 0.3) is 0 Å². The Morgan fingerprint density at radius 3 is 2.81 bits per heavy atom. The normalized spacial score (nSPS) is 16.6. The summed E-state index contributed by atoms with van der Waals surface area (Å²) in [4.78, 5) is 47.3. The first kappa shape index (κ1) is 24.9. The van der Waals surface area contributed by atoms with Crippen molar-refractivity contribution in [2.24, 2.45) is 0 Å². The van der Waals surface area contributed by atoms with Crippen LogP contribution in [0.25, 0.3) is 0 Å². The molecule has 1 saturated heterocycles. The van der Waals surface area contributed by atoms with Crippen LogP contribution in [0.5, 0.6) is 0 Å². The van der Waals surface area contributed by atoms with Crippen molar-refractivity contribution in [1.29, 1.82) is 0 Å². The van der Waals surface area contributed by atoms with Gasteiger partial charge in [-0.25, -0.2) is 9.78 Å². The van der Waals surface area contributed by atoms with E-state index < -0.39 is 0 Å². The lowest BCUT2D eigenvalue weighted by Gasteiger charge is -2.23.